The molecule has 2 heterocycles. The van der Waals surface area contributed by atoms with Gasteiger partial charge in [0.2, 0.25) is 0 Å². The highest BCUT2D eigenvalue weighted by atomic mass is 35.5. The molecule has 0 atom stereocenters. The van der Waals surface area contributed by atoms with E-state index in [-0.39, 0.29) is 0 Å². The maximum absolute atomic E-state index is 5.87. The van der Waals surface area contributed by atoms with Gasteiger partial charge in [0.25, 0.3) is 0 Å². The van der Waals surface area contributed by atoms with Gasteiger partial charge in [0.15, 0.2) is 0 Å². The molecule has 3 nitrogen and oxygen atoms in total. The predicted octanol–water partition coefficient (Wildman–Crippen LogP) is 3.23. The van der Waals surface area contributed by atoms with Gasteiger partial charge in [-0.15, -0.1) is 0 Å². The van der Waals surface area contributed by atoms with E-state index in [1.54, 1.807) is 12.5 Å². The molecule has 17 heavy (non-hydrogen) atoms. The number of nitrogens with one attached hydrogen (secondary N) is 1. The first-order valence-corrected chi connectivity index (χ1v) is 5.89. The van der Waals surface area contributed by atoms with Crippen molar-refractivity contribution in [3.63, 3.8) is 0 Å². The van der Waals surface area contributed by atoms with Crippen molar-refractivity contribution in [2.24, 2.45) is 0 Å². The van der Waals surface area contributed by atoms with E-state index in [0.717, 1.165) is 30.0 Å². The summed E-state index contributed by atoms with van der Waals surface area (Å²) in [7, 11) is 0. The van der Waals surface area contributed by atoms with Gasteiger partial charge in [-0.25, -0.2) is 4.98 Å². The predicted molar refractivity (Wildman–Crippen MR) is 68.0 cm³/mol. The molecule has 0 aliphatic rings. The van der Waals surface area contributed by atoms with Crippen molar-refractivity contribution < 1.29 is 4.42 Å². The van der Waals surface area contributed by atoms with Crippen LogP contribution in [0.5, 0.6) is 0 Å². The second kappa shape index (κ2) is 5.34. The Morgan fingerprint density at radius 2 is 2.18 bits per heavy atom. The van der Waals surface area contributed by atoms with Crippen LogP contribution in [-0.2, 0) is 13.1 Å². The average molecular weight is 251 g/mol. The van der Waals surface area contributed by atoms with Crippen molar-refractivity contribution in [2.75, 3.05) is 0 Å². The van der Waals surface area contributed by atoms with Crippen molar-refractivity contribution in [1.82, 2.24) is 10.3 Å². The molecule has 2 aromatic heterocycles. The lowest BCUT2D eigenvalue weighted by molar-refractivity contribution is 0.526. The molecule has 0 aliphatic carbocycles. The average Bonchev–Trinajstić information content (AvgIpc) is 2.70. The molecule has 0 amide bonds. The Morgan fingerprint density at radius 1 is 1.35 bits per heavy atom. The van der Waals surface area contributed by atoms with Crippen LogP contribution in [0, 0.1) is 13.8 Å². The van der Waals surface area contributed by atoms with E-state index in [9.17, 15) is 0 Å². The number of aromatic nitrogens is 1. The molecule has 0 bridgehead atoms. The first kappa shape index (κ1) is 12.1. The van der Waals surface area contributed by atoms with E-state index < -0.39 is 0 Å². The number of halogens is 1. The number of nitrogens with zero attached hydrogens (tertiary/aromatic N) is 1. The van der Waals surface area contributed by atoms with E-state index in [1.807, 2.05) is 26.0 Å². The first-order valence-electron chi connectivity index (χ1n) is 5.51. The van der Waals surface area contributed by atoms with Gasteiger partial charge >= 0.3 is 0 Å². The van der Waals surface area contributed by atoms with Gasteiger partial charge in [-0.05, 0) is 31.0 Å². The topological polar surface area (TPSA) is 38.1 Å². The molecule has 0 spiro atoms. The van der Waals surface area contributed by atoms with Crippen LogP contribution in [-0.4, -0.2) is 4.98 Å². The van der Waals surface area contributed by atoms with Crippen LogP contribution in [0.4, 0.5) is 0 Å². The highest BCUT2D eigenvalue weighted by Gasteiger charge is 2.02. The third-order valence-electron chi connectivity index (χ3n) is 2.68. The molecule has 0 saturated carbocycles. The molecule has 0 saturated heterocycles. The molecule has 0 radical (unpaired) electrons. The highest BCUT2D eigenvalue weighted by molar-refractivity contribution is 6.30. The zero-order valence-electron chi connectivity index (χ0n) is 9.96. The van der Waals surface area contributed by atoms with Gasteiger partial charge in [-0.3, -0.25) is 0 Å². The van der Waals surface area contributed by atoms with Gasteiger partial charge < -0.3 is 9.73 Å². The molecular weight excluding hydrogens is 236 g/mol. The quantitative estimate of drug-likeness (QED) is 0.847. The van der Waals surface area contributed by atoms with Crippen molar-refractivity contribution in [2.45, 2.75) is 26.9 Å². The minimum atomic E-state index is 0.569. The Kier molecular flexibility index (Phi) is 3.82. The number of hydrogen-bond donors (Lipinski definition) is 1. The second-order valence-electron chi connectivity index (χ2n) is 4.06. The van der Waals surface area contributed by atoms with Gasteiger partial charge in [0.1, 0.15) is 10.9 Å². The van der Waals surface area contributed by atoms with Crippen LogP contribution < -0.4 is 5.32 Å². The molecule has 2 rings (SSSR count). The fourth-order valence-electron chi connectivity index (χ4n) is 1.65. The van der Waals surface area contributed by atoms with Crippen molar-refractivity contribution in [3.8, 4) is 0 Å². The third kappa shape index (κ3) is 3.08. The fourth-order valence-corrected chi connectivity index (χ4v) is 1.75. The number of rotatable bonds is 4. The normalized spacial score (nSPS) is 10.8. The smallest absolute Gasteiger partial charge is 0.131 e. The summed E-state index contributed by atoms with van der Waals surface area (Å²) < 4.78 is 5.23. The molecule has 0 aliphatic heterocycles. The van der Waals surface area contributed by atoms with Crippen molar-refractivity contribution in [3.05, 3.63) is 52.2 Å². The zero-order valence-corrected chi connectivity index (χ0v) is 10.7. The standard InChI is InChI=1S/C13H15ClN2O/c1-9-5-11(7-16-13(9)14)6-15-8-12-3-4-17-10(12)2/h3-5,7,15H,6,8H2,1-2H3. The van der Waals surface area contributed by atoms with Crippen LogP contribution in [0.1, 0.15) is 22.5 Å². The Morgan fingerprint density at radius 3 is 2.82 bits per heavy atom. The Hall–Kier alpha value is -1.32. The van der Waals surface area contributed by atoms with Gasteiger partial charge in [-0.1, -0.05) is 17.7 Å². The molecule has 4 heteroatoms. The van der Waals surface area contributed by atoms with Crippen LogP contribution in [0.25, 0.3) is 0 Å². The number of pyridine rings is 1. The van der Waals surface area contributed by atoms with Crippen molar-refractivity contribution >= 4 is 11.6 Å². The molecule has 0 unspecified atom stereocenters. The molecule has 0 fully saturated rings. The summed E-state index contributed by atoms with van der Waals surface area (Å²) in [6.45, 7) is 5.49. The molecular formula is C13H15ClN2O. The van der Waals surface area contributed by atoms with E-state index in [1.165, 1.54) is 5.56 Å². The Labute approximate surface area is 106 Å². The molecule has 1 N–H and O–H groups in total. The van der Waals surface area contributed by atoms with Gasteiger partial charge in [0.05, 0.1) is 6.26 Å². The summed E-state index contributed by atoms with van der Waals surface area (Å²) in [6, 6.07) is 4.03. The van der Waals surface area contributed by atoms with Crippen molar-refractivity contribution in [1.29, 1.82) is 0 Å². The van der Waals surface area contributed by atoms with Crippen LogP contribution in [0.3, 0.4) is 0 Å². The monoisotopic (exact) mass is 250 g/mol. The zero-order chi connectivity index (χ0) is 12.3. The van der Waals surface area contributed by atoms with E-state index in [4.69, 9.17) is 16.0 Å². The van der Waals surface area contributed by atoms with Crippen LogP contribution in [0.2, 0.25) is 5.15 Å². The summed E-state index contributed by atoms with van der Waals surface area (Å²) in [5, 5.41) is 3.92. The Bertz CT molecular complexity index is 508. The lowest BCUT2D eigenvalue weighted by atomic mass is 10.2. The van der Waals surface area contributed by atoms with E-state index >= 15 is 0 Å². The summed E-state index contributed by atoms with van der Waals surface area (Å²) in [5.74, 6) is 0.961. The molecule has 0 aromatic carbocycles. The van der Waals surface area contributed by atoms with Crippen LogP contribution >= 0.6 is 11.6 Å². The first-order chi connectivity index (χ1) is 8.16. The van der Waals surface area contributed by atoms with E-state index in [0.29, 0.717) is 5.15 Å². The van der Waals surface area contributed by atoms with Gasteiger partial charge in [-0.2, -0.15) is 0 Å². The minimum Gasteiger partial charge on any atom is -0.469 e. The lowest BCUT2D eigenvalue weighted by Gasteiger charge is -2.05. The maximum atomic E-state index is 5.87. The SMILES string of the molecule is Cc1cc(CNCc2ccoc2C)cnc1Cl. The number of aryl methyl sites for hydroxylation is 2. The van der Waals surface area contributed by atoms with Gasteiger partial charge in [0, 0.05) is 24.8 Å². The molecule has 90 valence electrons. The summed E-state index contributed by atoms with van der Waals surface area (Å²) in [6.07, 6.45) is 3.50. The number of hydrogen-bond acceptors (Lipinski definition) is 3. The third-order valence-corrected chi connectivity index (χ3v) is 3.08. The largest absolute Gasteiger partial charge is 0.469 e. The highest BCUT2D eigenvalue weighted by Crippen LogP contribution is 2.13. The maximum Gasteiger partial charge on any atom is 0.131 e. The fraction of sp³-hybridized carbons (Fsp3) is 0.308. The minimum absolute atomic E-state index is 0.569. The summed E-state index contributed by atoms with van der Waals surface area (Å²) >= 11 is 5.87. The second-order valence-corrected chi connectivity index (χ2v) is 4.41. The summed E-state index contributed by atoms with van der Waals surface area (Å²) in [5.41, 5.74) is 3.32. The summed E-state index contributed by atoms with van der Waals surface area (Å²) in [4.78, 5) is 4.12. The Balaban J connectivity index is 1.90. The van der Waals surface area contributed by atoms with Crippen LogP contribution in [0.15, 0.2) is 29.0 Å². The number of furan rings is 1. The molecule has 2 aromatic rings. The lowest BCUT2D eigenvalue weighted by Crippen LogP contribution is -2.13. The van der Waals surface area contributed by atoms with E-state index in [2.05, 4.69) is 10.3 Å².